The number of hydrogen-bond acceptors (Lipinski definition) is 6. The third kappa shape index (κ3) is 3.31. The van der Waals surface area contributed by atoms with Crippen molar-refractivity contribution in [1.29, 1.82) is 0 Å². The largest absolute Gasteiger partial charge is 0.408 e. The first-order chi connectivity index (χ1) is 13.1. The molecule has 5 rings (SSSR count). The summed E-state index contributed by atoms with van der Waals surface area (Å²) in [4.78, 5) is 19.1. The Morgan fingerprint density at radius 1 is 1.22 bits per heavy atom. The number of aromatic nitrogens is 3. The van der Waals surface area contributed by atoms with E-state index in [1.807, 2.05) is 36.2 Å². The van der Waals surface area contributed by atoms with Crippen LogP contribution in [0.4, 0.5) is 6.01 Å². The maximum Gasteiger partial charge on any atom is 0.316 e. The number of amides is 1. The van der Waals surface area contributed by atoms with Gasteiger partial charge < -0.3 is 14.6 Å². The van der Waals surface area contributed by atoms with Gasteiger partial charge in [-0.15, -0.1) is 5.10 Å². The molecule has 1 saturated heterocycles. The van der Waals surface area contributed by atoms with Crippen LogP contribution in [0.3, 0.4) is 0 Å². The van der Waals surface area contributed by atoms with Crippen molar-refractivity contribution in [2.45, 2.75) is 56.9 Å². The SMILES string of the molecule is C[C@@H](Nc1nnc(C2CC2c2ccccn2)o1)C(=O)N1CCC2(CC1)CC2. The second-order valence-corrected chi connectivity index (χ2v) is 8.34. The first-order valence-electron chi connectivity index (χ1n) is 9.93. The Morgan fingerprint density at radius 2 is 2.04 bits per heavy atom. The summed E-state index contributed by atoms with van der Waals surface area (Å²) >= 11 is 0. The summed E-state index contributed by atoms with van der Waals surface area (Å²) in [7, 11) is 0. The van der Waals surface area contributed by atoms with Gasteiger partial charge >= 0.3 is 6.01 Å². The van der Waals surface area contributed by atoms with Gasteiger partial charge in [-0.3, -0.25) is 9.78 Å². The molecular formula is C20H25N5O2. The third-order valence-electron chi connectivity index (χ3n) is 6.42. The van der Waals surface area contributed by atoms with Crippen LogP contribution >= 0.6 is 0 Å². The number of piperidine rings is 1. The molecular weight excluding hydrogens is 342 g/mol. The highest BCUT2D eigenvalue weighted by molar-refractivity contribution is 5.83. The van der Waals surface area contributed by atoms with E-state index in [1.165, 1.54) is 12.8 Å². The Bertz CT molecular complexity index is 822. The van der Waals surface area contributed by atoms with Crippen molar-refractivity contribution in [3.63, 3.8) is 0 Å². The number of carbonyl (C=O) groups excluding carboxylic acids is 1. The number of nitrogens with one attached hydrogen (secondary N) is 1. The Morgan fingerprint density at radius 3 is 2.74 bits per heavy atom. The number of pyridine rings is 1. The molecule has 3 heterocycles. The average molecular weight is 367 g/mol. The molecule has 3 aliphatic rings. The minimum absolute atomic E-state index is 0.114. The zero-order valence-corrected chi connectivity index (χ0v) is 15.6. The van der Waals surface area contributed by atoms with E-state index in [1.54, 1.807) is 0 Å². The smallest absolute Gasteiger partial charge is 0.316 e. The predicted molar refractivity (Wildman–Crippen MR) is 99.2 cm³/mol. The summed E-state index contributed by atoms with van der Waals surface area (Å²) in [5.74, 6) is 1.32. The molecule has 2 aliphatic carbocycles. The second-order valence-electron chi connectivity index (χ2n) is 8.34. The highest BCUT2D eigenvalue weighted by atomic mass is 16.4. The first kappa shape index (κ1) is 16.7. The lowest BCUT2D eigenvalue weighted by atomic mass is 9.93. The van der Waals surface area contributed by atoms with E-state index in [4.69, 9.17) is 4.42 Å². The fourth-order valence-corrected chi connectivity index (χ4v) is 4.23. The number of likely N-dealkylation sites (tertiary alicyclic amines) is 1. The van der Waals surface area contributed by atoms with Crippen LogP contribution < -0.4 is 5.32 Å². The maximum atomic E-state index is 12.7. The molecule has 0 bridgehead atoms. The second kappa shape index (κ2) is 6.32. The van der Waals surface area contributed by atoms with Gasteiger partial charge in [0.1, 0.15) is 6.04 Å². The van der Waals surface area contributed by atoms with Crippen LogP contribution in [0.2, 0.25) is 0 Å². The van der Waals surface area contributed by atoms with Crippen molar-refractivity contribution < 1.29 is 9.21 Å². The van der Waals surface area contributed by atoms with E-state index in [9.17, 15) is 4.79 Å². The van der Waals surface area contributed by atoms with Crippen LogP contribution in [0.15, 0.2) is 28.8 Å². The number of hydrogen-bond donors (Lipinski definition) is 1. The molecule has 0 radical (unpaired) electrons. The Labute approximate surface area is 158 Å². The molecule has 3 fully saturated rings. The zero-order valence-electron chi connectivity index (χ0n) is 15.6. The molecule has 27 heavy (non-hydrogen) atoms. The molecule has 0 aromatic carbocycles. The Kier molecular flexibility index (Phi) is 3.91. The van der Waals surface area contributed by atoms with Crippen molar-refractivity contribution in [2.24, 2.45) is 5.41 Å². The topological polar surface area (TPSA) is 84.1 Å². The summed E-state index contributed by atoms with van der Waals surface area (Å²) in [5, 5.41) is 11.3. The number of rotatable bonds is 5. The third-order valence-corrected chi connectivity index (χ3v) is 6.42. The zero-order chi connectivity index (χ0) is 18.4. The van der Waals surface area contributed by atoms with Crippen LogP contribution in [0, 0.1) is 5.41 Å². The highest BCUT2D eigenvalue weighted by Crippen LogP contribution is 2.54. The van der Waals surface area contributed by atoms with Crippen LogP contribution in [0.5, 0.6) is 0 Å². The molecule has 1 N–H and O–H groups in total. The molecule has 1 spiro atoms. The van der Waals surface area contributed by atoms with Crippen molar-refractivity contribution in [2.75, 3.05) is 18.4 Å². The summed E-state index contributed by atoms with van der Waals surface area (Å²) in [6.07, 6.45) is 7.76. The highest BCUT2D eigenvalue weighted by Gasteiger charge is 2.46. The molecule has 2 aromatic heterocycles. The normalized spacial score (nSPS) is 26.6. The first-order valence-corrected chi connectivity index (χ1v) is 9.93. The quantitative estimate of drug-likeness (QED) is 0.875. The van der Waals surface area contributed by atoms with Crippen LogP contribution in [-0.2, 0) is 4.79 Å². The molecule has 2 saturated carbocycles. The van der Waals surface area contributed by atoms with Crippen LogP contribution in [0.1, 0.15) is 62.4 Å². The van der Waals surface area contributed by atoms with Gasteiger partial charge in [-0.05, 0) is 56.6 Å². The molecule has 7 heteroatoms. The van der Waals surface area contributed by atoms with E-state index in [0.29, 0.717) is 23.2 Å². The number of anilines is 1. The van der Waals surface area contributed by atoms with E-state index in [-0.39, 0.29) is 17.9 Å². The number of nitrogens with zero attached hydrogens (tertiary/aromatic N) is 4. The molecule has 1 aliphatic heterocycles. The molecule has 1 amide bonds. The molecule has 142 valence electrons. The van der Waals surface area contributed by atoms with E-state index < -0.39 is 0 Å². The minimum Gasteiger partial charge on any atom is -0.408 e. The van der Waals surface area contributed by atoms with Gasteiger partial charge in [-0.1, -0.05) is 11.2 Å². The monoisotopic (exact) mass is 367 g/mol. The summed E-state index contributed by atoms with van der Waals surface area (Å²) in [6.45, 7) is 3.60. The van der Waals surface area contributed by atoms with Gasteiger partial charge in [0, 0.05) is 36.8 Å². The van der Waals surface area contributed by atoms with Gasteiger partial charge in [0.25, 0.3) is 0 Å². The molecule has 3 atom stereocenters. The van der Waals surface area contributed by atoms with Gasteiger partial charge in [0.2, 0.25) is 11.8 Å². The average Bonchev–Trinajstić information content (AvgIpc) is 3.61. The van der Waals surface area contributed by atoms with E-state index in [0.717, 1.165) is 38.0 Å². The van der Waals surface area contributed by atoms with E-state index in [2.05, 4.69) is 20.5 Å². The lowest BCUT2D eigenvalue weighted by Crippen LogP contribution is -2.45. The van der Waals surface area contributed by atoms with Crippen molar-refractivity contribution in [3.05, 3.63) is 36.0 Å². The van der Waals surface area contributed by atoms with Gasteiger partial charge in [-0.25, -0.2) is 0 Å². The Hall–Kier alpha value is -2.44. The lowest BCUT2D eigenvalue weighted by molar-refractivity contribution is -0.133. The summed E-state index contributed by atoms with van der Waals surface area (Å²) < 4.78 is 5.78. The Balaban J connectivity index is 1.17. The molecule has 2 unspecified atom stereocenters. The predicted octanol–water partition coefficient (Wildman–Crippen LogP) is 2.94. The summed E-state index contributed by atoms with van der Waals surface area (Å²) in [6, 6.07) is 5.91. The van der Waals surface area contributed by atoms with Crippen LogP contribution in [0.25, 0.3) is 0 Å². The fraction of sp³-hybridized carbons (Fsp3) is 0.600. The molecule has 2 aromatic rings. The van der Waals surface area contributed by atoms with Crippen LogP contribution in [-0.4, -0.2) is 45.1 Å². The van der Waals surface area contributed by atoms with Crippen molar-refractivity contribution in [1.82, 2.24) is 20.1 Å². The van der Waals surface area contributed by atoms with Crippen molar-refractivity contribution >= 4 is 11.9 Å². The fourth-order valence-electron chi connectivity index (χ4n) is 4.23. The maximum absolute atomic E-state index is 12.7. The van der Waals surface area contributed by atoms with Crippen molar-refractivity contribution in [3.8, 4) is 0 Å². The number of carbonyl (C=O) groups is 1. The minimum atomic E-state index is -0.364. The standard InChI is InChI=1S/C20H25N5O2/c1-13(18(26)25-10-7-20(5-6-20)8-11-25)22-19-24-23-17(27-19)15-12-14(15)16-4-2-3-9-21-16/h2-4,9,13-15H,5-8,10-12H2,1H3,(H,22,24)/t13-,14?,15?/m1/s1. The van der Waals surface area contributed by atoms with Gasteiger partial charge in [0.05, 0.1) is 0 Å². The van der Waals surface area contributed by atoms with Gasteiger partial charge in [0.15, 0.2) is 0 Å². The molecule has 7 nitrogen and oxygen atoms in total. The van der Waals surface area contributed by atoms with Gasteiger partial charge in [-0.2, -0.15) is 0 Å². The lowest BCUT2D eigenvalue weighted by Gasteiger charge is -2.33. The van der Waals surface area contributed by atoms with E-state index >= 15 is 0 Å². The summed E-state index contributed by atoms with van der Waals surface area (Å²) in [5.41, 5.74) is 1.64.